The number of hydrogen-bond acceptors (Lipinski definition) is 7. The third kappa shape index (κ3) is 7.45. The summed E-state index contributed by atoms with van der Waals surface area (Å²) in [5, 5.41) is 10.8. The van der Waals surface area contributed by atoms with E-state index in [-0.39, 0.29) is 42.7 Å². The Balaban J connectivity index is 1.70. The van der Waals surface area contributed by atoms with Gasteiger partial charge in [-0.05, 0) is 63.0 Å². The van der Waals surface area contributed by atoms with E-state index in [2.05, 4.69) is 36.7 Å². The van der Waals surface area contributed by atoms with Gasteiger partial charge < -0.3 is 29.3 Å². The fraction of sp³-hybridized carbons (Fsp3) is 0.650. The van der Waals surface area contributed by atoms with Crippen LogP contribution >= 0.6 is 15.9 Å². The minimum absolute atomic E-state index is 0.104. The molecular formula is C40H56BrN3O7. The van der Waals surface area contributed by atoms with Crippen LogP contribution in [0.2, 0.25) is 0 Å². The molecule has 2 fully saturated rings. The number of halogens is 1. The number of nitrogens with zero attached hydrogens (tertiary/aromatic N) is 3. The van der Waals surface area contributed by atoms with Gasteiger partial charge in [0.05, 0.1) is 24.6 Å². The van der Waals surface area contributed by atoms with E-state index in [0.29, 0.717) is 29.3 Å². The summed E-state index contributed by atoms with van der Waals surface area (Å²) in [6.07, 6.45) is 5.79. The first-order chi connectivity index (χ1) is 23.8. The summed E-state index contributed by atoms with van der Waals surface area (Å²) in [5.74, 6) is -3.48. The normalized spacial score (nSPS) is 32.0. The average molecular weight is 771 g/mol. The maximum Gasteiger partial charge on any atom is 0.313 e. The van der Waals surface area contributed by atoms with Crippen molar-refractivity contribution in [2.75, 3.05) is 20.2 Å². The van der Waals surface area contributed by atoms with Gasteiger partial charge >= 0.3 is 5.97 Å². The molecule has 0 saturated carbocycles. The van der Waals surface area contributed by atoms with E-state index in [9.17, 15) is 19.5 Å². The molecule has 0 aliphatic carbocycles. The van der Waals surface area contributed by atoms with Gasteiger partial charge in [0.2, 0.25) is 17.7 Å². The fourth-order valence-electron chi connectivity index (χ4n) is 9.00. The van der Waals surface area contributed by atoms with E-state index >= 15 is 4.79 Å². The molecule has 0 unspecified atom stereocenters. The minimum Gasteiger partial charge on any atom is -0.455 e. The summed E-state index contributed by atoms with van der Waals surface area (Å²) in [4.78, 5) is 63.4. The van der Waals surface area contributed by atoms with Gasteiger partial charge in [-0.1, -0.05) is 93.0 Å². The molecule has 1 N–H and O–H groups in total. The Morgan fingerprint density at radius 2 is 1.67 bits per heavy atom. The van der Waals surface area contributed by atoms with Crippen molar-refractivity contribution in [2.45, 2.75) is 123 Å². The number of carbonyl (C=O) groups is 4. The molecule has 1 aromatic carbocycles. The van der Waals surface area contributed by atoms with E-state index in [1.807, 2.05) is 82.0 Å². The number of cyclic esters (lactones) is 1. The molecule has 4 aliphatic heterocycles. The molecule has 4 heterocycles. The SMILES string of the molecule is CC(C)C[C@H](CO)N1C(=O)[C@H]2[C@@H]3C(=O)O[C@H](c4ccccc4)[C@@H](C)N(C)C(=O)CC/C=C\CN(C(C)(C)CC(C)(C)C)C(=O)[C@H]1[C@@]21C=C(Br)[C@@H]3O1. The number of aliphatic hydroxyl groups excluding tert-OH is 1. The van der Waals surface area contributed by atoms with Crippen LogP contribution in [-0.2, 0) is 28.7 Å². The molecule has 5 bridgehead atoms. The molecule has 10 nitrogen and oxygen atoms in total. The first-order valence-electron chi connectivity index (χ1n) is 18.3. The Bertz CT molecular complexity index is 1550. The van der Waals surface area contributed by atoms with Crippen molar-refractivity contribution < 1.29 is 33.8 Å². The number of fused-ring (bicyclic) bond motifs is 2. The van der Waals surface area contributed by atoms with Crippen molar-refractivity contribution in [1.82, 2.24) is 14.7 Å². The minimum atomic E-state index is -1.47. The summed E-state index contributed by atoms with van der Waals surface area (Å²) in [5.41, 5.74) is -1.56. The van der Waals surface area contributed by atoms with Crippen molar-refractivity contribution in [2.24, 2.45) is 23.2 Å². The van der Waals surface area contributed by atoms with Crippen LogP contribution in [0, 0.1) is 23.2 Å². The second-order valence-electron chi connectivity index (χ2n) is 17.1. The molecule has 5 rings (SSSR count). The second-order valence-corrected chi connectivity index (χ2v) is 18.0. The molecular weight excluding hydrogens is 714 g/mol. The molecule has 0 radical (unpaired) electrons. The number of allylic oxidation sites excluding steroid dienone is 1. The highest BCUT2D eigenvalue weighted by Gasteiger charge is 2.76. The lowest BCUT2D eigenvalue weighted by Crippen LogP contribution is -2.62. The lowest BCUT2D eigenvalue weighted by Gasteiger charge is -2.46. The molecule has 3 amide bonds. The highest BCUT2D eigenvalue weighted by Crippen LogP contribution is 2.60. The summed E-state index contributed by atoms with van der Waals surface area (Å²) in [7, 11) is 1.71. The summed E-state index contributed by atoms with van der Waals surface area (Å²) >= 11 is 3.66. The second kappa shape index (κ2) is 14.8. The van der Waals surface area contributed by atoms with E-state index < -0.39 is 65.2 Å². The Kier molecular flexibility index (Phi) is 11.4. The van der Waals surface area contributed by atoms with Crippen molar-refractivity contribution in [1.29, 1.82) is 0 Å². The number of rotatable bonds is 7. The van der Waals surface area contributed by atoms with E-state index in [1.54, 1.807) is 18.0 Å². The lowest BCUT2D eigenvalue weighted by molar-refractivity contribution is -0.164. The van der Waals surface area contributed by atoms with Crippen molar-refractivity contribution in [3.05, 3.63) is 58.6 Å². The summed E-state index contributed by atoms with van der Waals surface area (Å²) in [6, 6.07) is 6.94. The maximum absolute atomic E-state index is 15.4. The highest BCUT2D eigenvalue weighted by atomic mass is 79.9. The monoisotopic (exact) mass is 769 g/mol. The van der Waals surface area contributed by atoms with Gasteiger partial charge in [0.25, 0.3) is 0 Å². The first-order valence-corrected chi connectivity index (χ1v) is 19.1. The number of likely N-dealkylation sites (N-methyl/N-ethyl adjacent to an activating group) is 1. The van der Waals surface area contributed by atoms with Gasteiger partial charge in [-0.3, -0.25) is 19.2 Å². The van der Waals surface area contributed by atoms with Crippen LogP contribution in [0.4, 0.5) is 0 Å². The van der Waals surface area contributed by atoms with Gasteiger partial charge in [-0.2, -0.15) is 0 Å². The largest absolute Gasteiger partial charge is 0.455 e. The van der Waals surface area contributed by atoms with Crippen molar-refractivity contribution in [3.63, 3.8) is 0 Å². The number of benzene rings is 1. The Hall–Kier alpha value is -3.02. The van der Waals surface area contributed by atoms with Gasteiger partial charge in [0.1, 0.15) is 29.8 Å². The number of aliphatic hydroxyl groups is 1. The molecule has 1 spiro atoms. The predicted molar refractivity (Wildman–Crippen MR) is 198 cm³/mol. The Morgan fingerprint density at radius 1 is 1.00 bits per heavy atom. The molecule has 11 heteroatoms. The standard InChI is InChI=1S/C40H56BrN3O7/c1-24(2)20-27(22-45)44-34-36(48)43(39(7,8)23-38(4,5)6)19-15-11-14-18-29(46)42(9)25(3)32(26-16-12-10-13-17-26)50-37(49)30-31(35(44)47)40(34)21-28(41)33(30)51-40/h10-13,15-17,21,24-25,27,30-34,45H,14,18-20,22-23H2,1-9H3/b15-11-/t25-,27-,30+,31-,32+,33+,34+,40-/m1/s1. The average Bonchev–Trinajstić information content (AvgIpc) is 3.64. The number of hydrogen-bond donors (Lipinski definition) is 1. The topological polar surface area (TPSA) is 117 Å². The number of ether oxygens (including phenoxy) is 2. The molecule has 1 aromatic rings. The highest BCUT2D eigenvalue weighted by molar-refractivity contribution is 9.11. The van der Waals surface area contributed by atoms with Crippen molar-refractivity contribution in [3.8, 4) is 0 Å². The molecule has 0 aromatic heterocycles. The van der Waals surface area contributed by atoms with Crippen molar-refractivity contribution >= 4 is 39.6 Å². The van der Waals surface area contributed by atoms with Gasteiger partial charge in [-0.15, -0.1) is 0 Å². The van der Waals surface area contributed by atoms with Crippen LogP contribution in [0.5, 0.6) is 0 Å². The Labute approximate surface area is 311 Å². The number of esters is 1. The van der Waals surface area contributed by atoms with Crippen LogP contribution in [0.25, 0.3) is 0 Å². The molecule has 2 saturated heterocycles. The fourth-order valence-corrected chi connectivity index (χ4v) is 9.73. The third-order valence-corrected chi connectivity index (χ3v) is 11.7. The quantitative estimate of drug-likeness (QED) is 0.276. The molecule has 4 aliphatic rings. The number of carbonyl (C=O) groups excluding carboxylic acids is 4. The smallest absolute Gasteiger partial charge is 0.313 e. The maximum atomic E-state index is 15.4. The third-order valence-electron chi connectivity index (χ3n) is 11.0. The van der Waals surface area contributed by atoms with Crippen LogP contribution in [0.1, 0.15) is 92.7 Å². The summed E-state index contributed by atoms with van der Waals surface area (Å²) in [6.45, 7) is 16.2. The zero-order chi connectivity index (χ0) is 37.6. The number of likely N-dealkylation sites (tertiary alicyclic amines) is 1. The van der Waals surface area contributed by atoms with Gasteiger partial charge in [-0.25, -0.2) is 0 Å². The van der Waals surface area contributed by atoms with Gasteiger partial charge in [0.15, 0.2) is 0 Å². The Morgan fingerprint density at radius 3 is 2.27 bits per heavy atom. The zero-order valence-corrected chi connectivity index (χ0v) is 33.2. The van der Waals surface area contributed by atoms with Gasteiger partial charge in [0, 0.05) is 30.0 Å². The number of amides is 3. The predicted octanol–water partition coefficient (Wildman–Crippen LogP) is 5.79. The first kappa shape index (κ1) is 39.2. The van der Waals surface area contributed by atoms with E-state index in [1.165, 1.54) is 4.90 Å². The van der Waals surface area contributed by atoms with E-state index in [0.717, 1.165) is 0 Å². The summed E-state index contributed by atoms with van der Waals surface area (Å²) < 4.78 is 13.7. The van der Waals surface area contributed by atoms with Crippen LogP contribution < -0.4 is 0 Å². The zero-order valence-electron chi connectivity index (χ0n) is 31.6. The molecule has 280 valence electrons. The van der Waals surface area contributed by atoms with Crippen LogP contribution in [-0.4, -0.2) is 99.1 Å². The lowest BCUT2D eigenvalue weighted by atomic mass is 9.74. The van der Waals surface area contributed by atoms with E-state index in [4.69, 9.17) is 9.47 Å². The molecule has 8 atom stereocenters. The van der Waals surface area contributed by atoms with Crippen LogP contribution in [0.15, 0.2) is 53.0 Å². The molecule has 51 heavy (non-hydrogen) atoms. The van der Waals surface area contributed by atoms with Crippen LogP contribution in [0.3, 0.4) is 0 Å².